The number of hydrogen-bond acceptors (Lipinski definition) is 2. The van der Waals surface area contributed by atoms with Crippen molar-refractivity contribution in [2.45, 2.75) is 13.0 Å². The van der Waals surface area contributed by atoms with E-state index in [2.05, 4.69) is 57.1 Å². The first kappa shape index (κ1) is 10.4. The van der Waals surface area contributed by atoms with Gasteiger partial charge in [0.25, 0.3) is 0 Å². The Labute approximate surface area is 98.8 Å². The van der Waals surface area contributed by atoms with E-state index in [0.717, 1.165) is 13.2 Å². The van der Waals surface area contributed by atoms with Crippen molar-refractivity contribution in [2.75, 3.05) is 19.8 Å². The molecule has 2 rings (SSSR count). The SMILES string of the molecule is Ic1ccccc1CN1CCCNC1. The number of nitrogens with zero attached hydrogens (tertiary/aromatic N) is 1. The molecule has 76 valence electrons. The molecule has 0 spiro atoms. The highest BCUT2D eigenvalue weighted by Gasteiger charge is 2.10. The Kier molecular flexibility index (Phi) is 3.78. The molecule has 0 aromatic heterocycles. The van der Waals surface area contributed by atoms with Gasteiger partial charge in [0.05, 0.1) is 0 Å². The highest BCUT2D eigenvalue weighted by Crippen LogP contribution is 2.14. The quantitative estimate of drug-likeness (QED) is 0.841. The molecule has 0 radical (unpaired) electrons. The van der Waals surface area contributed by atoms with Crippen LogP contribution in [0.3, 0.4) is 0 Å². The summed E-state index contributed by atoms with van der Waals surface area (Å²) < 4.78 is 1.37. The van der Waals surface area contributed by atoms with Gasteiger partial charge in [-0.1, -0.05) is 18.2 Å². The first-order valence-corrected chi connectivity index (χ1v) is 6.10. The third kappa shape index (κ3) is 2.68. The fourth-order valence-electron chi connectivity index (χ4n) is 1.75. The topological polar surface area (TPSA) is 15.3 Å². The molecule has 0 unspecified atom stereocenters. The van der Waals surface area contributed by atoms with E-state index in [1.807, 2.05) is 0 Å². The van der Waals surface area contributed by atoms with Crippen molar-refractivity contribution in [2.24, 2.45) is 0 Å². The van der Waals surface area contributed by atoms with Crippen LogP contribution in [0.1, 0.15) is 12.0 Å². The van der Waals surface area contributed by atoms with E-state index >= 15 is 0 Å². The maximum Gasteiger partial charge on any atom is 0.0483 e. The standard InChI is InChI=1S/C11H15IN2/c12-11-5-2-1-4-10(11)8-14-7-3-6-13-9-14/h1-2,4-5,13H,3,6-9H2. The third-order valence-corrected chi connectivity index (χ3v) is 3.57. The monoisotopic (exact) mass is 302 g/mol. The fourth-order valence-corrected chi connectivity index (χ4v) is 2.30. The summed E-state index contributed by atoms with van der Waals surface area (Å²) in [6.45, 7) is 4.50. The molecule has 1 saturated heterocycles. The molecule has 1 N–H and O–H groups in total. The summed E-state index contributed by atoms with van der Waals surface area (Å²) in [7, 11) is 0. The minimum Gasteiger partial charge on any atom is -0.304 e. The Morgan fingerprint density at radius 3 is 2.93 bits per heavy atom. The second kappa shape index (κ2) is 5.09. The molecule has 14 heavy (non-hydrogen) atoms. The van der Waals surface area contributed by atoms with Crippen LogP contribution in [-0.2, 0) is 6.54 Å². The van der Waals surface area contributed by atoms with Gasteiger partial charge in [-0.25, -0.2) is 0 Å². The summed E-state index contributed by atoms with van der Waals surface area (Å²) in [4.78, 5) is 2.46. The molecule has 1 aromatic carbocycles. The van der Waals surface area contributed by atoms with Gasteiger partial charge < -0.3 is 5.32 Å². The normalized spacial score (nSPS) is 18.4. The van der Waals surface area contributed by atoms with Gasteiger partial charge in [0.1, 0.15) is 0 Å². The zero-order valence-corrected chi connectivity index (χ0v) is 10.3. The third-order valence-electron chi connectivity index (χ3n) is 2.52. The Hall–Kier alpha value is -0.130. The van der Waals surface area contributed by atoms with Crippen LogP contribution in [0, 0.1) is 3.57 Å². The molecule has 3 heteroatoms. The largest absolute Gasteiger partial charge is 0.304 e. The average molecular weight is 302 g/mol. The first-order chi connectivity index (χ1) is 6.86. The van der Waals surface area contributed by atoms with Crippen LogP contribution in [-0.4, -0.2) is 24.7 Å². The lowest BCUT2D eigenvalue weighted by molar-refractivity contribution is 0.207. The van der Waals surface area contributed by atoms with E-state index in [9.17, 15) is 0 Å². The molecule has 2 nitrogen and oxygen atoms in total. The minimum atomic E-state index is 1.03. The predicted molar refractivity (Wildman–Crippen MR) is 67.1 cm³/mol. The van der Waals surface area contributed by atoms with Gasteiger partial charge in [-0.3, -0.25) is 4.90 Å². The van der Waals surface area contributed by atoms with Gasteiger partial charge in [-0.2, -0.15) is 0 Å². The van der Waals surface area contributed by atoms with E-state index in [1.165, 1.54) is 28.6 Å². The van der Waals surface area contributed by atoms with Crippen LogP contribution in [0.2, 0.25) is 0 Å². The van der Waals surface area contributed by atoms with E-state index in [1.54, 1.807) is 0 Å². The molecule has 0 atom stereocenters. The summed E-state index contributed by atoms with van der Waals surface area (Å²) >= 11 is 2.41. The van der Waals surface area contributed by atoms with Crippen LogP contribution in [0.5, 0.6) is 0 Å². The van der Waals surface area contributed by atoms with Gasteiger partial charge in [0.2, 0.25) is 0 Å². The van der Waals surface area contributed by atoms with Crippen LogP contribution < -0.4 is 5.32 Å². The maximum absolute atomic E-state index is 3.40. The highest BCUT2D eigenvalue weighted by atomic mass is 127. The molecule has 0 amide bonds. The highest BCUT2D eigenvalue weighted by molar-refractivity contribution is 14.1. The van der Waals surface area contributed by atoms with Gasteiger partial charge in [-0.05, 0) is 47.2 Å². The van der Waals surface area contributed by atoms with Gasteiger partial charge >= 0.3 is 0 Å². The van der Waals surface area contributed by atoms with Gasteiger partial charge in [0, 0.05) is 23.3 Å². The second-order valence-corrected chi connectivity index (χ2v) is 4.82. The zero-order chi connectivity index (χ0) is 9.80. The molecule has 1 heterocycles. The van der Waals surface area contributed by atoms with Crippen molar-refractivity contribution in [3.05, 3.63) is 33.4 Å². The lowest BCUT2D eigenvalue weighted by atomic mass is 10.2. The van der Waals surface area contributed by atoms with E-state index < -0.39 is 0 Å². The van der Waals surface area contributed by atoms with Crippen LogP contribution >= 0.6 is 22.6 Å². The van der Waals surface area contributed by atoms with E-state index in [-0.39, 0.29) is 0 Å². The zero-order valence-electron chi connectivity index (χ0n) is 8.17. The average Bonchev–Trinajstić information content (AvgIpc) is 2.23. The number of hydrogen-bond donors (Lipinski definition) is 1. The Morgan fingerprint density at radius 1 is 1.36 bits per heavy atom. The Bertz CT molecular complexity index is 295. The maximum atomic E-state index is 3.40. The molecule has 1 fully saturated rings. The predicted octanol–water partition coefficient (Wildman–Crippen LogP) is 2.04. The van der Waals surface area contributed by atoms with Crippen molar-refractivity contribution in [3.63, 3.8) is 0 Å². The molecule has 0 aliphatic carbocycles. The van der Waals surface area contributed by atoms with Crippen molar-refractivity contribution >= 4 is 22.6 Å². The van der Waals surface area contributed by atoms with Crippen molar-refractivity contribution in [1.82, 2.24) is 10.2 Å². The first-order valence-electron chi connectivity index (χ1n) is 5.03. The molecule has 1 aliphatic rings. The smallest absolute Gasteiger partial charge is 0.0483 e. The summed E-state index contributed by atoms with van der Waals surface area (Å²) in [5.74, 6) is 0. The van der Waals surface area contributed by atoms with Crippen LogP contribution in [0.25, 0.3) is 0 Å². The van der Waals surface area contributed by atoms with Gasteiger partial charge in [-0.15, -0.1) is 0 Å². The molecule has 1 aromatic rings. The Balaban J connectivity index is 1.99. The lowest BCUT2D eigenvalue weighted by Gasteiger charge is -2.27. The molecular weight excluding hydrogens is 287 g/mol. The lowest BCUT2D eigenvalue weighted by Crippen LogP contribution is -2.41. The molecular formula is C11H15IN2. The number of rotatable bonds is 2. The number of benzene rings is 1. The van der Waals surface area contributed by atoms with Crippen LogP contribution in [0.15, 0.2) is 24.3 Å². The fraction of sp³-hybridized carbons (Fsp3) is 0.455. The van der Waals surface area contributed by atoms with E-state index in [0.29, 0.717) is 0 Å². The number of nitrogens with one attached hydrogen (secondary N) is 1. The molecule has 0 saturated carbocycles. The van der Waals surface area contributed by atoms with E-state index in [4.69, 9.17) is 0 Å². The Morgan fingerprint density at radius 2 is 2.21 bits per heavy atom. The summed E-state index contributed by atoms with van der Waals surface area (Å²) in [5, 5.41) is 3.40. The van der Waals surface area contributed by atoms with Gasteiger partial charge in [0.15, 0.2) is 0 Å². The molecule has 0 bridgehead atoms. The molecule has 1 aliphatic heterocycles. The minimum absolute atomic E-state index is 1.03. The summed E-state index contributed by atoms with van der Waals surface area (Å²) in [6.07, 6.45) is 1.27. The van der Waals surface area contributed by atoms with Crippen molar-refractivity contribution in [3.8, 4) is 0 Å². The van der Waals surface area contributed by atoms with Crippen molar-refractivity contribution < 1.29 is 0 Å². The summed E-state index contributed by atoms with van der Waals surface area (Å²) in [5.41, 5.74) is 1.44. The summed E-state index contributed by atoms with van der Waals surface area (Å²) in [6, 6.07) is 8.61. The van der Waals surface area contributed by atoms with Crippen LogP contribution in [0.4, 0.5) is 0 Å². The second-order valence-electron chi connectivity index (χ2n) is 3.66. The van der Waals surface area contributed by atoms with Crippen molar-refractivity contribution in [1.29, 1.82) is 0 Å². The number of halogens is 1.